The maximum atomic E-state index is 12.1. The fourth-order valence-corrected chi connectivity index (χ4v) is 2.35. The van der Waals surface area contributed by atoms with Crippen molar-refractivity contribution >= 4 is 5.91 Å². The van der Waals surface area contributed by atoms with Crippen molar-refractivity contribution in [3.8, 4) is 0 Å². The highest BCUT2D eigenvalue weighted by Crippen LogP contribution is 2.28. The molecule has 0 spiro atoms. The second-order valence-electron chi connectivity index (χ2n) is 5.38. The van der Waals surface area contributed by atoms with Gasteiger partial charge in [-0.05, 0) is 32.1 Å². The molecule has 1 fully saturated rings. The second-order valence-corrected chi connectivity index (χ2v) is 5.38. The molecule has 4 unspecified atom stereocenters. The van der Waals surface area contributed by atoms with Crippen molar-refractivity contribution in [2.45, 2.75) is 57.8 Å². The van der Waals surface area contributed by atoms with Crippen LogP contribution >= 0.6 is 0 Å². The Hall–Kier alpha value is -0.780. The number of carbonyl (C=O) groups is 1. The van der Waals surface area contributed by atoms with Crippen LogP contribution in [-0.2, 0) is 4.79 Å². The highest BCUT2D eigenvalue weighted by Gasteiger charge is 2.33. The molecule has 1 aliphatic rings. The van der Waals surface area contributed by atoms with E-state index in [-0.39, 0.29) is 17.9 Å². The molecule has 0 aromatic rings. The van der Waals surface area contributed by atoms with E-state index in [1.807, 2.05) is 6.92 Å². The Balaban J connectivity index is 2.41. The summed E-state index contributed by atoms with van der Waals surface area (Å²) in [7, 11) is 0. The molecule has 4 atom stereocenters. The highest BCUT2D eigenvalue weighted by molar-refractivity contribution is 5.79. The molecule has 106 valence electrons. The largest absolute Gasteiger partial charge is 0.391 e. The number of amides is 1. The van der Waals surface area contributed by atoms with Crippen molar-refractivity contribution in [1.29, 1.82) is 0 Å². The smallest absolute Gasteiger partial charge is 0.353 e. The Morgan fingerprint density at radius 2 is 2.06 bits per heavy atom. The lowest BCUT2D eigenvalue weighted by molar-refractivity contribution is -0.142. The molecule has 1 rings (SSSR count). The predicted molar refractivity (Wildman–Crippen MR) is 62.8 cm³/mol. The van der Waals surface area contributed by atoms with Crippen molar-refractivity contribution in [2.24, 2.45) is 17.6 Å². The molecule has 1 aliphatic carbocycles. The van der Waals surface area contributed by atoms with Gasteiger partial charge in [0.15, 0.2) is 0 Å². The molecule has 0 saturated heterocycles. The van der Waals surface area contributed by atoms with Gasteiger partial charge < -0.3 is 11.1 Å². The number of alkyl halides is 3. The Morgan fingerprint density at radius 3 is 2.56 bits per heavy atom. The molecule has 18 heavy (non-hydrogen) atoms. The number of halogens is 3. The SMILES string of the molecule is CC(CC(F)(F)F)NC(=O)C1CCC(C)C(N)C1. The second kappa shape index (κ2) is 5.91. The number of nitrogens with two attached hydrogens (primary N) is 1. The van der Waals surface area contributed by atoms with Crippen LogP contribution in [0.1, 0.15) is 39.5 Å². The lowest BCUT2D eigenvalue weighted by Gasteiger charge is -2.31. The van der Waals surface area contributed by atoms with Crippen molar-refractivity contribution in [2.75, 3.05) is 0 Å². The van der Waals surface area contributed by atoms with Crippen molar-refractivity contribution in [1.82, 2.24) is 5.32 Å². The van der Waals surface area contributed by atoms with E-state index in [4.69, 9.17) is 5.73 Å². The first-order chi connectivity index (χ1) is 8.19. The Kier molecular flexibility index (Phi) is 5.01. The zero-order valence-corrected chi connectivity index (χ0v) is 10.8. The van der Waals surface area contributed by atoms with Crippen LogP contribution in [0.25, 0.3) is 0 Å². The fraction of sp³-hybridized carbons (Fsp3) is 0.917. The first kappa shape index (κ1) is 15.3. The lowest BCUT2D eigenvalue weighted by Crippen LogP contribution is -2.44. The molecule has 0 radical (unpaired) electrons. The van der Waals surface area contributed by atoms with Crippen molar-refractivity contribution in [3.63, 3.8) is 0 Å². The maximum Gasteiger partial charge on any atom is 0.391 e. The minimum atomic E-state index is -4.25. The van der Waals surface area contributed by atoms with Crippen LogP contribution in [0.15, 0.2) is 0 Å². The van der Waals surface area contributed by atoms with Gasteiger partial charge >= 0.3 is 6.18 Å². The van der Waals surface area contributed by atoms with E-state index in [2.05, 4.69) is 5.32 Å². The number of rotatable bonds is 3. The van der Waals surface area contributed by atoms with Crippen LogP contribution in [0.5, 0.6) is 0 Å². The third-order valence-electron chi connectivity index (χ3n) is 3.56. The van der Waals surface area contributed by atoms with E-state index >= 15 is 0 Å². The average Bonchev–Trinajstić information content (AvgIpc) is 2.18. The standard InChI is InChI=1S/C12H21F3N2O/c1-7-3-4-9(5-10(7)16)11(18)17-8(2)6-12(13,14)15/h7-10H,3-6,16H2,1-2H3,(H,17,18). The molecule has 0 aromatic carbocycles. The van der Waals surface area contributed by atoms with E-state index in [0.29, 0.717) is 18.8 Å². The van der Waals surface area contributed by atoms with Gasteiger partial charge in [-0.25, -0.2) is 0 Å². The van der Waals surface area contributed by atoms with E-state index in [0.717, 1.165) is 6.42 Å². The van der Waals surface area contributed by atoms with Gasteiger partial charge in [0.1, 0.15) is 0 Å². The molecule has 3 N–H and O–H groups in total. The van der Waals surface area contributed by atoms with E-state index in [9.17, 15) is 18.0 Å². The number of hydrogen-bond donors (Lipinski definition) is 2. The molecule has 1 saturated carbocycles. The molecule has 0 heterocycles. The monoisotopic (exact) mass is 266 g/mol. The minimum Gasteiger partial charge on any atom is -0.353 e. The zero-order chi connectivity index (χ0) is 13.9. The van der Waals surface area contributed by atoms with E-state index < -0.39 is 18.6 Å². The lowest BCUT2D eigenvalue weighted by atomic mass is 9.79. The summed E-state index contributed by atoms with van der Waals surface area (Å²) in [6, 6.07) is -0.916. The van der Waals surface area contributed by atoms with E-state index in [1.165, 1.54) is 6.92 Å². The first-order valence-electron chi connectivity index (χ1n) is 6.31. The molecule has 6 heteroatoms. The third-order valence-corrected chi connectivity index (χ3v) is 3.56. The third kappa shape index (κ3) is 4.84. The van der Waals surface area contributed by atoms with Crippen LogP contribution in [0.2, 0.25) is 0 Å². The summed E-state index contributed by atoms with van der Waals surface area (Å²) in [6.07, 6.45) is -3.11. The van der Waals surface area contributed by atoms with Gasteiger partial charge in [0, 0.05) is 18.0 Å². The van der Waals surface area contributed by atoms with Gasteiger partial charge in [0.05, 0.1) is 6.42 Å². The summed E-state index contributed by atoms with van der Waals surface area (Å²) >= 11 is 0. The summed E-state index contributed by atoms with van der Waals surface area (Å²) in [5, 5.41) is 2.43. The fourth-order valence-electron chi connectivity index (χ4n) is 2.35. The van der Waals surface area contributed by atoms with Gasteiger partial charge in [-0.15, -0.1) is 0 Å². The van der Waals surface area contributed by atoms with Crippen molar-refractivity contribution in [3.05, 3.63) is 0 Å². The summed E-state index contributed by atoms with van der Waals surface area (Å²) in [5.41, 5.74) is 5.88. The topological polar surface area (TPSA) is 55.1 Å². The minimum absolute atomic E-state index is 0.0348. The van der Waals surface area contributed by atoms with Crippen LogP contribution < -0.4 is 11.1 Å². The van der Waals surface area contributed by atoms with Crippen LogP contribution in [0.3, 0.4) is 0 Å². The quantitative estimate of drug-likeness (QED) is 0.823. The maximum absolute atomic E-state index is 12.1. The molecule has 0 bridgehead atoms. The average molecular weight is 266 g/mol. The highest BCUT2D eigenvalue weighted by atomic mass is 19.4. The van der Waals surface area contributed by atoms with Crippen LogP contribution in [0, 0.1) is 11.8 Å². The first-order valence-corrected chi connectivity index (χ1v) is 6.31. The summed E-state index contributed by atoms with van der Waals surface area (Å²) in [6.45, 7) is 3.40. The normalized spacial score (nSPS) is 30.9. The molecule has 3 nitrogen and oxygen atoms in total. The molecule has 0 aromatic heterocycles. The van der Waals surface area contributed by atoms with Gasteiger partial charge in [0.25, 0.3) is 0 Å². The van der Waals surface area contributed by atoms with Crippen LogP contribution in [0.4, 0.5) is 13.2 Å². The summed E-state index contributed by atoms with van der Waals surface area (Å²) < 4.78 is 36.4. The number of hydrogen-bond acceptors (Lipinski definition) is 2. The number of carbonyl (C=O) groups excluding carboxylic acids is 1. The Morgan fingerprint density at radius 1 is 1.44 bits per heavy atom. The van der Waals surface area contributed by atoms with Crippen molar-refractivity contribution < 1.29 is 18.0 Å². The van der Waals surface area contributed by atoms with Gasteiger partial charge in [-0.1, -0.05) is 6.92 Å². The molecule has 0 aliphatic heterocycles. The Labute approximate surface area is 105 Å². The molecular formula is C12H21F3N2O. The Bertz CT molecular complexity index is 294. The van der Waals surface area contributed by atoms with E-state index in [1.54, 1.807) is 0 Å². The number of nitrogens with one attached hydrogen (secondary N) is 1. The van der Waals surface area contributed by atoms with Crippen LogP contribution in [-0.4, -0.2) is 24.2 Å². The summed E-state index contributed by atoms with van der Waals surface area (Å²) in [5.74, 6) is -0.164. The van der Waals surface area contributed by atoms with Gasteiger partial charge in [-0.3, -0.25) is 4.79 Å². The van der Waals surface area contributed by atoms with Gasteiger partial charge in [-0.2, -0.15) is 13.2 Å². The predicted octanol–water partition coefficient (Wildman–Crippen LogP) is 2.21. The zero-order valence-electron chi connectivity index (χ0n) is 10.8. The van der Waals surface area contributed by atoms with Gasteiger partial charge in [0.2, 0.25) is 5.91 Å². The molecule has 1 amide bonds. The summed E-state index contributed by atoms with van der Waals surface area (Å²) in [4.78, 5) is 11.8. The molecular weight excluding hydrogens is 245 g/mol.